The lowest BCUT2D eigenvalue weighted by molar-refractivity contribution is -0.141. The van der Waals surface area contributed by atoms with Crippen molar-refractivity contribution in [3.63, 3.8) is 0 Å². The molecular weight excluding hydrogens is 339 g/mol. The van der Waals surface area contributed by atoms with Gasteiger partial charge < -0.3 is 5.32 Å². The van der Waals surface area contributed by atoms with Crippen LogP contribution >= 0.6 is 0 Å². The van der Waals surface area contributed by atoms with Crippen LogP contribution in [0.2, 0.25) is 0 Å². The van der Waals surface area contributed by atoms with Crippen LogP contribution < -0.4 is 10.7 Å². The maximum Gasteiger partial charge on any atom is 0.435 e. The zero-order chi connectivity index (χ0) is 18.4. The highest BCUT2D eigenvalue weighted by atomic mass is 19.4. The molecular formula is C15H14F3N5O2. The number of nitrogens with zero attached hydrogens (tertiary/aromatic N) is 3. The third-order valence-electron chi connectivity index (χ3n) is 2.87. The summed E-state index contributed by atoms with van der Waals surface area (Å²) in [6.45, 7) is 0.997. The molecule has 0 atom stereocenters. The van der Waals surface area contributed by atoms with Gasteiger partial charge in [-0.05, 0) is 23.8 Å². The molecule has 2 aromatic rings. The van der Waals surface area contributed by atoms with Crippen LogP contribution in [0.15, 0.2) is 41.6 Å². The zero-order valence-electron chi connectivity index (χ0n) is 13.0. The highest BCUT2D eigenvalue weighted by molar-refractivity contribution is 5.89. The average Bonchev–Trinajstić information content (AvgIpc) is 2.97. The topological polar surface area (TPSA) is 88.4 Å². The van der Waals surface area contributed by atoms with Crippen molar-refractivity contribution in [2.75, 3.05) is 5.32 Å². The molecule has 0 unspecified atom stereocenters. The number of aromatic nitrogens is 2. The first kappa shape index (κ1) is 18.2. The van der Waals surface area contributed by atoms with E-state index in [-0.39, 0.29) is 5.91 Å². The van der Waals surface area contributed by atoms with E-state index in [1.165, 1.54) is 13.1 Å². The summed E-state index contributed by atoms with van der Waals surface area (Å²) in [6.07, 6.45) is -2.13. The molecule has 2 rings (SSSR count). The number of carbonyl (C=O) groups is 2. The minimum absolute atomic E-state index is 0.194. The number of hydrazone groups is 1. The van der Waals surface area contributed by atoms with Gasteiger partial charge in [-0.25, -0.2) is 5.43 Å². The maximum atomic E-state index is 12.4. The summed E-state index contributed by atoms with van der Waals surface area (Å²) in [6, 6.07) is 7.45. The van der Waals surface area contributed by atoms with Crippen LogP contribution in [-0.4, -0.2) is 27.8 Å². The lowest BCUT2D eigenvalue weighted by Gasteiger charge is -2.03. The Hall–Kier alpha value is -3.17. The van der Waals surface area contributed by atoms with E-state index in [1.807, 2.05) is 0 Å². The molecule has 1 aromatic heterocycles. The number of anilines is 1. The second-order valence-corrected chi connectivity index (χ2v) is 4.99. The smallest absolute Gasteiger partial charge is 0.326 e. The van der Waals surface area contributed by atoms with Crippen LogP contribution in [0.3, 0.4) is 0 Å². The molecule has 132 valence electrons. The Morgan fingerprint density at radius 2 is 1.92 bits per heavy atom. The van der Waals surface area contributed by atoms with E-state index in [4.69, 9.17) is 0 Å². The van der Waals surface area contributed by atoms with Crippen molar-refractivity contribution in [2.24, 2.45) is 5.10 Å². The number of amides is 2. The van der Waals surface area contributed by atoms with Crippen LogP contribution in [-0.2, 0) is 22.3 Å². The van der Waals surface area contributed by atoms with Gasteiger partial charge in [0.2, 0.25) is 5.91 Å². The van der Waals surface area contributed by atoms with Gasteiger partial charge in [0.25, 0.3) is 5.91 Å². The SMILES string of the molecule is CC(=O)Nc1ccc(/C=N\NC(=O)Cn2ccc(C(F)(F)F)n2)cc1. The Labute approximate surface area is 140 Å². The summed E-state index contributed by atoms with van der Waals surface area (Å²) in [5.41, 5.74) is 2.40. The van der Waals surface area contributed by atoms with E-state index < -0.39 is 24.3 Å². The molecule has 0 aliphatic rings. The van der Waals surface area contributed by atoms with E-state index in [0.717, 1.165) is 16.9 Å². The van der Waals surface area contributed by atoms with Crippen LogP contribution in [0.1, 0.15) is 18.2 Å². The lowest BCUT2D eigenvalue weighted by atomic mass is 10.2. The van der Waals surface area contributed by atoms with E-state index in [2.05, 4.69) is 20.9 Å². The van der Waals surface area contributed by atoms with Crippen molar-refractivity contribution in [2.45, 2.75) is 19.6 Å². The molecule has 0 fully saturated rings. The fourth-order valence-electron chi connectivity index (χ4n) is 1.82. The fourth-order valence-corrected chi connectivity index (χ4v) is 1.82. The number of halogens is 3. The highest BCUT2D eigenvalue weighted by Crippen LogP contribution is 2.27. The first-order valence-corrected chi connectivity index (χ1v) is 7.04. The first-order chi connectivity index (χ1) is 11.7. The van der Waals surface area contributed by atoms with Gasteiger partial charge in [0.1, 0.15) is 6.54 Å². The van der Waals surface area contributed by atoms with Crippen molar-refractivity contribution in [1.82, 2.24) is 15.2 Å². The first-order valence-electron chi connectivity index (χ1n) is 7.04. The predicted octanol–water partition coefficient (Wildman–Crippen LogP) is 2.01. The van der Waals surface area contributed by atoms with Crippen LogP contribution in [0.5, 0.6) is 0 Å². The molecule has 0 aliphatic heterocycles. The molecule has 10 heteroatoms. The van der Waals surface area contributed by atoms with Gasteiger partial charge in [0.15, 0.2) is 5.69 Å². The van der Waals surface area contributed by atoms with Gasteiger partial charge in [-0.2, -0.15) is 23.4 Å². The average molecular weight is 353 g/mol. The summed E-state index contributed by atoms with van der Waals surface area (Å²) in [5.74, 6) is -0.816. The number of carbonyl (C=O) groups excluding carboxylic acids is 2. The monoisotopic (exact) mass is 353 g/mol. The van der Waals surface area contributed by atoms with Crippen LogP contribution in [0.25, 0.3) is 0 Å². The van der Waals surface area contributed by atoms with Gasteiger partial charge in [0, 0.05) is 18.8 Å². The highest BCUT2D eigenvalue weighted by Gasteiger charge is 2.33. The van der Waals surface area contributed by atoms with Crippen molar-refractivity contribution in [1.29, 1.82) is 0 Å². The van der Waals surface area contributed by atoms with E-state index in [0.29, 0.717) is 11.3 Å². The van der Waals surface area contributed by atoms with Gasteiger partial charge in [-0.15, -0.1) is 0 Å². The number of benzene rings is 1. The predicted molar refractivity (Wildman–Crippen MR) is 83.7 cm³/mol. The summed E-state index contributed by atoms with van der Waals surface area (Å²) in [7, 11) is 0. The molecule has 1 aromatic carbocycles. The zero-order valence-corrected chi connectivity index (χ0v) is 13.0. The molecule has 1 heterocycles. The minimum Gasteiger partial charge on any atom is -0.326 e. The maximum absolute atomic E-state index is 12.4. The second kappa shape index (κ2) is 7.60. The minimum atomic E-state index is -4.55. The Kier molecular flexibility index (Phi) is 5.52. The molecule has 0 aliphatic carbocycles. The number of hydrogen-bond acceptors (Lipinski definition) is 4. The summed E-state index contributed by atoms with van der Waals surface area (Å²) in [4.78, 5) is 22.5. The third kappa shape index (κ3) is 5.75. The van der Waals surface area contributed by atoms with Gasteiger partial charge in [0.05, 0.1) is 6.21 Å². The Morgan fingerprint density at radius 1 is 1.24 bits per heavy atom. The molecule has 2 N–H and O–H groups in total. The number of nitrogens with one attached hydrogen (secondary N) is 2. The number of alkyl halides is 3. The molecule has 0 radical (unpaired) electrons. The number of rotatable bonds is 5. The molecule has 0 saturated heterocycles. The second-order valence-electron chi connectivity index (χ2n) is 4.99. The van der Waals surface area contributed by atoms with Crippen LogP contribution in [0.4, 0.5) is 18.9 Å². The van der Waals surface area contributed by atoms with Gasteiger partial charge in [-0.1, -0.05) is 12.1 Å². The largest absolute Gasteiger partial charge is 0.435 e. The Balaban J connectivity index is 1.86. The van der Waals surface area contributed by atoms with Crippen LogP contribution in [0, 0.1) is 0 Å². The van der Waals surface area contributed by atoms with Crippen molar-refractivity contribution in [3.05, 3.63) is 47.8 Å². The molecule has 0 bridgehead atoms. The van der Waals surface area contributed by atoms with Crippen molar-refractivity contribution < 1.29 is 22.8 Å². The fraction of sp³-hybridized carbons (Fsp3) is 0.200. The van der Waals surface area contributed by atoms with E-state index in [9.17, 15) is 22.8 Å². The Bertz CT molecular complexity index is 781. The quantitative estimate of drug-likeness (QED) is 0.637. The molecule has 25 heavy (non-hydrogen) atoms. The van der Waals surface area contributed by atoms with Gasteiger partial charge >= 0.3 is 6.18 Å². The number of hydrogen-bond donors (Lipinski definition) is 2. The standard InChI is InChI=1S/C15H14F3N5O2/c1-10(24)20-12-4-2-11(3-5-12)8-19-21-14(25)9-23-7-6-13(22-23)15(16,17)18/h2-8H,9H2,1H3,(H,20,24)(H,21,25)/b19-8-. The Morgan fingerprint density at radius 3 is 2.48 bits per heavy atom. The lowest BCUT2D eigenvalue weighted by Crippen LogP contribution is -2.23. The normalized spacial score (nSPS) is 11.5. The third-order valence-corrected chi connectivity index (χ3v) is 2.87. The van der Waals surface area contributed by atoms with E-state index >= 15 is 0 Å². The molecule has 7 nitrogen and oxygen atoms in total. The van der Waals surface area contributed by atoms with Crippen molar-refractivity contribution in [3.8, 4) is 0 Å². The summed E-state index contributed by atoms with van der Waals surface area (Å²) >= 11 is 0. The summed E-state index contributed by atoms with van der Waals surface area (Å²) in [5, 5.41) is 9.58. The molecule has 0 spiro atoms. The molecule has 2 amide bonds. The van der Waals surface area contributed by atoms with E-state index in [1.54, 1.807) is 24.3 Å². The van der Waals surface area contributed by atoms with Gasteiger partial charge in [-0.3, -0.25) is 14.3 Å². The molecule has 0 saturated carbocycles. The van der Waals surface area contributed by atoms with Crippen molar-refractivity contribution >= 4 is 23.7 Å². The summed E-state index contributed by atoms with van der Waals surface area (Å²) < 4.78 is 38.1.